The van der Waals surface area contributed by atoms with E-state index in [2.05, 4.69) is 185 Å². The highest BCUT2D eigenvalue weighted by molar-refractivity contribution is 7.22. The van der Waals surface area contributed by atoms with Crippen molar-refractivity contribution in [2.75, 3.05) is 9.80 Å². The molecule has 0 aliphatic rings. The molecule has 0 fully saturated rings. The Bertz CT molecular complexity index is 1810. The number of rotatable bonds is 6. The molecule has 2 heterocycles. The van der Waals surface area contributed by atoms with Crippen molar-refractivity contribution in [2.24, 2.45) is 0 Å². The van der Waals surface area contributed by atoms with Crippen molar-refractivity contribution in [3.05, 3.63) is 143 Å². The van der Waals surface area contributed by atoms with Gasteiger partial charge >= 0.3 is 0 Å². The fraction of sp³-hybridized carbons (Fsp3) is 0.190. The number of para-hydroxylation sites is 4. The number of thiophene rings is 2. The van der Waals surface area contributed by atoms with Gasteiger partial charge in [0.2, 0.25) is 0 Å². The number of fused-ring (bicyclic) bond motifs is 2. The molecule has 0 amide bonds. The standard InChI is InChI=1S/C42H40N2S2/c1-41(2,3)35-27-33-37(43(29-19-11-7-12-20-29)30-21-13-8-14-22-30)40-34(28-36(46-40)42(4,5)6)38(39(33)45-35)44(31-23-15-9-16-24-31)32-25-17-10-18-26-32/h7-28H,1-6H3. The van der Waals surface area contributed by atoms with Crippen LogP contribution in [0.4, 0.5) is 34.1 Å². The van der Waals surface area contributed by atoms with E-state index in [0.717, 1.165) is 22.7 Å². The molecule has 0 spiro atoms. The van der Waals surface area contributed by atoms with Gasteiger partial charge in [-0.05, 0) is 71.5 Å². The molecule has 2 aromatic heterocycles. The summed E-state index contributed by atoms with van der Waals surface area (Å²) < 4.78 is 2.60. The van der Waals surface area contributed by atoms with E-state index in [0.29, 0.717) is 0 Å². The van der Waals surface area contributed by atoms with Crippen molar-refractivity contribution in [3.8, 4) is 0 Å². The largest absolute Gasteiger partial charge is 0.308 e. The molecule has 0 unspecified atom stereocenters. The lowest BCUT2D eigenvalue weighted by atomic mass is 9.93. The molecule has 0 atom stereocenters. The Labute approximate surface area is 281 Å². The Kier molecular flexibility index (Phi) is 7.75. The van der Waals surface area contributed by atoms with Gasteiger partial charge in [0, 0.05) is 43.3 Å². The van der Waals surface area contributed by atoms with Gasteiger partial charge in [-0.3, -0.25) is 0 Å². The van der Waals surface area contributed by atoms with Crippen LogP contribution < -0.4 is 9.80 Å². The number of hydrogen-bond donors (Lipinski definition) is 0. The van der Waals surface area contributed by atoms with E-state index < -0.39 is 0 Å². The first-order valence-electron chi connectivity index (χ1n) is 16.0. The number of nitrogens with zero attached hydrogens (tertiary/aromatic N) is 2. The van der Waals surface area contributed by atoms with Crippen molar-refractivity contribution in [3.63, 3.8) is 0 Å². The lowest BCUT2D eigenvalue weighted by molar-refractivity contribution is 0.604. The minimum absolute atomic E-state index is 0.00311. The zero-order valence-electron chi connectivity index (χ0n) is 27.4. The first-order chi connectivity index (χ1) is 22.1. The van der Waals surface area contributed by atoms with Crippen molar-refractivity contribution >= 4 is 77.0 Å². The third kappa shape index (κ3) is 5.50. The second-order valence-electron chi connectivity index (χ2n) is 13.9. The van der Waals surface area contributed by atoms with E-state index in [4.69, 9.17) is 0 Å². The molecule has 0 aliphatic carbocycles. The Morgan fingerprint density at radius 3 is 0.891 bits per heavy atom. The van der Waals surface area contributed by atoms with Crippen LogP contribution in [0, 0.1) is 0 Å². The number of anilines is 6. The quantitative estimate of drug-likeness (QED) is 0.168. The average Bonchev–Trinajstić information content (AvgIpc) is 3.71. The van der Waals surface area contributed by atoms with E-state index >= 15 is 0 Å². The highest BCUT2D eigenvalue weighted by atomic mass is 32.1. The van der Waals surface area contributed by atoms with Gasteiger partial charge in [-0.25, -0.2) is 0 Å². The van der Waals surface area contributed by atoms with E-state index in [1.807, 2.05) is 22.7 Å². The normalized spacial score (nSPS) is 12.1. The van der Waals surface area contributed by atoms with E-state index in [1.54, 1.807) is 0 Å². The van der Waals surface area contributed by atoms with Crippen LogP contribution in [0.1, 0.15) is 51.3 Å². The van der Waals surface area contributed by atoms with E-state index in [1.165, 1.54) is 41.3 Å². The lowest BCUT2D eigenvalue weighted by Gasteiger charge is -2.30. The predicted octanol–water partition coefficient (Wildman–Crippen LogP) is 13.7. The van der Waals surface area contributed by atoms with Crippen molar-refractivity contribution in [1.82, 2.24) is 0 Å². The van der Waals surface area contributed by atoms with Crippen LogP contribution >= 0.6 is 22.7 Å². The van der Waals surface area contributed by atoms with Crippen molar-refractivity contribution in [1.29, 1.82) is 0 Å². The zero-order chi connectivity index (χ0) is 32.1. The molecule has 2 nitrogen and oxygen atoms in total. The first kappa shape index (κ1) is 30.3. The maximum Gasteiger partial charge on any atom is 0.0728 e. The van der Waals surface area contributed by atoms with E-state index in [-0.39, 0.29) is 10.8 Å². The maximum absolute atomic E-state index is 2.48. The summed E-state index contributed by atoms with van der Waals surface area (Å²) in [6.45, 7) is 14.0. The first-order valence-corrected chi connectivity index (χ1v) is 17.6. The van der Waals surface area contributed by atoms with Gasteiger partial charge in [0.25, 0.3) is 0 Å². The minimum Gasteiger partial charge on any atom is -0.308 e. The van der Waals surface area contributed by atoms with Gasteiger partial charge in [0.1, 0.15) is 0 Å². The third-order valence-corrected chi connectivity index (χ3v) is 11.5. The molecule has 0 bridgehead atoms. The lowest BCUT2D eigenvalue weighted by Crippen LogP contribution is -2.13. The molecule has 0 N–H and O–H groups in total. The van der Waals surface area contributed by atoms with Crippen LogP contribution in [0.15, 0.2) is 133 Å². The molecule has 0 radical (unpaired) electrons. The highest BCUT2D eigenvalue weighted by Gasteiger charge is 2.31. The third-order valence-electron chi connectivity index (χ3n) is 8.39. The van der Waals surface area contributed by atoms with Gasteiger partial charge in [-0.15, -0.1) is 22.7 Å². The van der Waals surface area contributed by atoms with Gasteiger partial charge in [-0.1, -0.05) is 114 Å². The second kappa shape index (κ2) is 11.8. The van der Waals surface area contributed by atoms with Crippen LogP contribution in [-0.2, 0) is 10.8 Å². The van der Waals surface area contributed by atoms with E-state index in [9.17, 15) is 0 Å². The summed E-state index contributed by atoms with van der Waals surface area (Å²) in [6, 6.07) is 48.3. The molecule has 7 aromatic rings. The van der Waals surface area contributed by atoms with Crippen molar-refractivity contribution in [2.45, 2.75) is 52.4 Å². The monoisotopic (exact) mass is 636 g/mol. The molecular weight excluding hydrogens is 597 g/mol. The fourth-order valence-electron chi connectivity index (χ4n) is 6.04. The van der Waals surface area contributed by atoms with Crippen molar-refractivity contribution < 1.29 is 0 Å². The number of benzene rings is 5. The molecule has 46 heavy (non-hydrogen) atoms. The molecule has 230 valence electrons. The van der Waals surface area contributed by atoms with Gasteiger partial charge in [-0.2, -0.15) is 0 Å². The second-order valence-corrected chi connectivity index (χ2v) is 16.0. The molecule has 5 aromatic carbocycles. The molecule has 4 heteroatoms. The van der Waals surface area contributed by atoms with Crippen LogP contribution in [0.3, 0.4) is 0 Å². The fourth-order valence-corrected chi connectivity index (χ4v) is 8.57. The topological polar surface area (TPSA) is 6.48 Å². The van der Waals surface area contributed by atoms with Gasteiger partial charge in [0.05, 0.1) is 20.8 Å². The molecule has 0 saturated heterocycles. The molecule has 0 saturated carbocycles. The highest BCUT2D eigenvalue weighted by Crippen LogP contribution is 2.56. The summed E-state index contributed by atoms with van der Waals surface area (Å²) in [5, 5.41) is 2.56. The Balaban J connectivity index is 1.69. The van der Waals surface area contributed by atoms with Gasteiger partial charge in [0.15, 0.2) is 0 Å². The molecule has 7 rings (SSSR count). The zero-order valence-corrected chi connectivity index (χ0v) is 29.0. The summed E-state index contributed by atoms with van der Waals surface area (Å²) in [5.41, 5.74) is 7.11. The predicted molar refractivity (Wildman–Crippen MR) is 204 cm³/mol. The Morgan fingerprint density at radius 2 is 0.652 bits per heavy atom. The summed E-state index contributed by atoms with van der Waals surface area (Å²) in [5.74, 6) is 0. The summed E-state index contributed by atoms with van der Waals surface area (Å²) in [4.78, 5) is 7.71. The summed E-state index contributed by atoms with van der Waals surface area (Å²) in [7, 11) is 0. The number of hydrogen-bond acceptors (Lipinski definition) is 4. The maximum atomic E-state index is 2.48. The summed E-state index contributed by atoms with van der Waals surface area (Å²) >= 11 is 3.88. The SMILES string of the molecule is CC(C)(C)c1cc2c(N(c3ccccc3)c3ccccc3)c3sc(C(C)(C)C)cc3c(N(c3ccccc3)c3ccccc3)c2s1. The average molecular weight is 637 g/mol. The van der Waals surface area contributed by atoms with Crippen LogP contribution in [-0.4, -0.2) is 0 Å². The Morgan fingerprint density at radius 1 is 0.391 bits per heavy atom. The van der Waals surface area contributed by atoms with Gasteiger partial charge < -0.3 is 9.80 Å². The minimum atomic E-state index is -0.00311. The Hall–Kier alpha value is -4.38. The molecule has 0 aliphatic heterocycles. The van der Waals surface area contributed by atoms with Crippen LogP contribution in [0.2, 0.25) is 0 Å². The van der Waals surface area contributed by atoms with Crippen LogP contribution in [0.5, 0.6) is 0 Å². The molecular formula is C42H40N2S2. The van der Waals surface area contributed by atoms with Crippen LogP contribution in [0.25, 0.3) is 20.2 Å². The summed E-state index contributed by atoms with van der Waals surface area (Å²) in [6.07, 6.45) is 0. The smallest absolute Gasteiger partial charge is 0.0728 e.